The van der Waals surface area contributed by atoms with Gasteiger partial charge in [0, 0.05) is 6.54 Å². The molecular formula is C4H11ClN2O2S. The van der Waals surface area contributed by atoms with Crippen molar-refractivity contribution in [2.24, 2.45) is 5.14 Å². The Hall–Kier alpha value is 0.160. The molecule has 1 aliphatic rings. The highest BCUT2D eigenvalue weighted by atomic mass is 35.5. The SMILES string of the molecule is Cl.NS(=O)(=O)[C@H]1CCNC1. The molecule has 0 radical (unpaired) electrons. The molecule has 10 heavy (non-hydrogen) atoms. The number of hydrogen-bond acceptors (Lipinski definition) is 3. The Morgan fingerprint density at radius 3 is 2.30 bits per heavy atom. The van der Waals surface area contributed by atoms with E-state index in [1.807, 2.05) is 0 Å². The van der Waals surface area contributed by atoms with Crippen LogP contribution >= 0.6 is 12.4 Å². The van der Waals surface area contributed by atoms with Crippen molar-refractivity contribution in [2.75, 3.05) is 13.1 Å². The Morgan fingerprint density at radius 2 is 2.10 bits per heavy atom. The molecule has 0 aromatic carbocycles. The van der Waals surface area contributed by atoms with Gasteiger partial charge in [0.2, 0.25) is 10.0 Å². The van der Waals surface area contributed by atoms with Gasteiger partial charge in [-0.3, -0.25) is 0 Å². The molecule has 0 amide bonds. The molecule has 0 saturated carbocycles. The lowest BCUT2D eigenvalue weighted by atomic mass is 10.4. The van der Waals surface area contributed by atoms with E-state index in [4.69, 9.17) is 5.14 Å². The van der Waals surface area contributed by atoms with E-state index in [1.165, 1.54) is 0 Å². The van der Waals surface area contributed by atoms with E-state index >= 15 is 0 Å². The summed E-state index contributed by atoms with van der Waals surface area (Å²) in [6, 6.07) is 0. The van der Waals surface area contributed by atoms with E-state index in [9.17, 15) is 8.42 Å². The first kappa shape index (κ1) is 10.2. The highest BCUT2D eigenvalue weighted by Gasteiger charge is 2.24. The van der Waals surface area contributed by atoms with Gasteiger partial charge in [0.1, 0.15) is 0 Å². The molecule has 4 nitrogen and oxygen atoms in total. The Kier molecular flexibility index (Phi) is 3.58. The lowest BCUT2D eigenvalue weighted by Gasteiger charge is -2.01. The number of primary sulfonamides is 1. The topological polar surface area (TPSA) is 72.2 Å². The lowest BCUT2D eigenvalue weighted by molar-refractivity contribution is 0.584. The summed E-state index contributed by atoms with van der Waals surface area (Å²) >= 11 is 0. The molecule has 0 spiro atoms. The summed E-state index contributed by atoms with van der Waals surface area (Å²) in [5.74, 6) is 0. The van der Waals surface area contributed by atoms with Crippen LogP contribution in [0.2, 0.25) is 0 Å². The highest BCUT2D eigenvalue weighted by molar-refractivity contribution is 7.89. The van der Waals surface area contributed by atoms with Crippen LogP contribution in [0, 0.1) is 0 Å². The van der Waals surface area contributed by atoms with Crippen LogP contribution in [0.15, 0.2) is 0 Å². The molecule has 1 saturated heterocycles. The van der Waals surface area contributed by atoms with Crippen molar-refractivity contribution in [3.63, 3.8) is 0 Å². The highest BCUT2D eigenvalue weighted by Crippen LogP contribution is 2.04. The average molecular weight is 187 g/mol. The fourth-order valence-corrected chi connectivity index (χ4v) is 1.71. The number of halogens is 1. The summed E-state index contributed by atoms with van der Waals surface area (Å²) in [6.07, 6.45) is 0.652. The molecule has 6 heteroatoms. The minimum absolute atomic E-state index is 0. The third kappa shape index (κ3) is 2.42. The summed E-state index contributed by atoms with van der Waals surface area (Å²) in [5, 5.41) is 7.44. The smallest absolute Gasteiger partial charge is 0.213 e. The third-order valence-electron chi connectivity index (χ3n) is 1.48. The third-order valence-corrected chi connectivity index (χ3v) is 2.81. The second-order valence-electron chi connectivity index (χ2n) is 2.20. The van der Waals surface area contributed by atoms with E-state index in [-0.39, 0.29) is 17.7 Å². The maximum Gasteiger partial charge on any atom is 0.213 e. The standard InChI is InChI=1S/C4H10N2O2S.ClH/c5-9(7,8)4-1-2-6-3-4;/h4,6H,1-3H2,(H2,5,7,8);1H/t4-;/m0./s1. The van der Waals surface area contributed by atoms with Gasteiger partial charge in [-0.15, -0.1) is 12.4 Å². The van der Waals surface area contributed by atoms with Gasteiger partial charge in [-0.25, -0.2) is 13.6 Å². The van der Waals surface area contributed by atoms with Crippen LogP contribution in [-0.4, -0.2) is 26.8 Å². The molecular weight excluding hydrogens is 176 g/mol. The van der Waals surface area contributed by atoms with E-state index in [0.717, 1.165) is 6.54 Å². The molecule has 1 rings (SSSR count). The Balaban J connectivity index is 0.000000810. The number of sulfonamides is 1. The van der Waals surface area contributed by atoms with Crippen LogP contribution in [-0.2, 0) is 10.0 Å². The molecule has 0 bridgehead atoms. The molecule has 0 aliphatic carbocycles. The fourth-order valence-electron chi connectivity index (χ4n) is 0.909. The predicted molar refractivity (Wildman–Crippen MR) is 41.6 cm³/mol. The Morgan fingerprint density at radius 1 is 1.50 bits per heavy atom. The zero-order valence-electron chi connectivity index (χ0n) is 5.41. The predicted octanol–water partition coefficient (Wildman–Crippen LogP) is -0.941. The summed E-state index contributed by atoms with van der Waals surface area (Å²) in [5.41, 5.74) is 0. The Bertz CT molecular complexity index is 185. The maximum atomic E-state index is 10.6. The molecule has 0 aromatic rings. The maximum absolute atomic E-state index is 10.6. The van der Waals surface area contributed by atoms with E-state index in [1.54, 1.807) is 0 Å². The van der Waals surface area contributed by atoms with Crippen LogP contribution in [0.3, 0.4) is 0 Å². The molecule has 1 fully saturated rings. The number of rotatable bonds is 1. The Labute approximate surface area is 66.6 Å². The summed E-state index contributed by atoms with van der Waals surface area (Å²) < 4.78 is 21.1. The molecule has 1 atom stereocenters. The minimum Gasteiger partial charge on any atom is -0.315 e. The number of hydrogen-bond donors (Lipinski definition) is 2. The van der Waals surface area contributed by atoms with Gasteiger partial charge in [0.05, 0.1) is 5.25 Å². The second-order valence-corrected chi connectivity index (χ2v) is 4.05. The second kappa shape index (κ2) is 3.52. The van der Waals surface area contributed by atoms with Crippen LogP contribution < -0.4 is 10.5 Å². The average Bonchev–Trinajstić information content (AvgIpc) is 2.08. The van der Waals surface area contributed by atoms with Gasteiger partial charge in [0.15, 0.2) is 0 Å². The van der Waals surface area contributed by atoms with Crippen molar-refractivity contribution in [3.8, 4) is 0 Å². The van der Waals surface area contributed by atoms with Crippen LogP contribution in [0.4, 0.5) is 0 Å². The summed E-state index contributed by atoms with van der Waals surface area (Å²) in [6.45, 7) is 1.28. The molecule has 62 valence electrons. The number of nitrogens with two attached hydrogens (primary N) is 1. The fraction of sp³-hybridized carbons (Fsp3) is 1.00. The summed E-state index contributed by atoms with van der Waals surface area (Å²) in [4.78, 5) is 0. The minimum atomic E-state index is -3.27. The molecule has 1 heterocycles. The normalized spacial score (nSPS) is 25.9. The largest absolute Gasteiger partial charge is 0.315 e. The summed E-state index contributed by atoms with van der Waals surface area (Å²) in [7, 11) is -3.27. The first-order chi connectivity index (χ1) is 4.11. The van der Waals surface area contributed by atoms with Crippen molar-refractivity contribution >= 4 is 22.4 Å². The van der Waals surface area contributed by atoms with Crippen LogP contribution in [0.25, 0.3) is 0 Å². The van der Waals surface area contributed by atoms with Gasteiger partial charge < -0.3 is 5.32 Å². The van der Waals surface area contributed by atoms with Crippen molar-refractivity contribution in [1.82, 2.24) is 5.32 Å². The van der Waals surface area contributed by atoms with E-state index in [0.29, 0.717) is 13.0 Å². The first-order valence-corrected chi connectivity index (χ1v) is 4.44. The zero-order chi connectivity index (χ0) is 6.91. The lowest BCUT2D eigenvalue weighted by Crippen LogP contribution is -2.30. The van der Waals surface area contributed by atoms with Gasteiger partial charge in [0.25, 0.3) is 0 Å². The van der Waals surface area contributed by atoms with Crippen molar-refractivity contribution < 1.29 is 8.42 Å². The molecule has 0 aromatic heterocycles. The zero-order valence-corrected chi connectivity index (χ0v) is 7.04. The molecule has 0 unspecified atom stereocenters. The first-order valence-electron chi connectivity index (χ1n) is 2.83. The molecule has 3 N–H and O–H groups in total. The van der Waals surface area contributed by atoms with E-state index < -0.39 is 10.0 Å². The quantitative estimate of drug-likeness (QED) is 0.555. The van der Waals surface area contributed by atoms with Gasteiger partial charge in [-0.2, -0.15) is 0 Å². The molecule has 1 aliphatic heterocycles. The monoisotopic (exact) mass is 186 g/mol. The van der Waals surface area contributed by atoms with Gasteiger partial charge >= 0.3 is 0 Å². The van der Waals surface area contributed by atoms with Crippen molar-refractivity contribution in [1.29, 1.82) is 0 Å². The van der Waals surface area contributed by atoms with E-state index in [2.05, 4.69) is 5.32 Å². The van der Waals surface area contributed by atoms with Crippen LogP contribution in [0.5, 0.6) is 0 Å². The number of nitrogens with one attached hydrogen (secondary N) is 1. The van der Waals surface area contributed by atoms with Gasteiger partial charge in [-0.1, -0.05) is 0 Å². The van der Waals surface area contributed by atoms with Crippen LogP contribution in [0.1, 0.15) is 6.42 Å². The van der Waals surface area contributed by atoms with Crippen molar-refractivity contribution in [3.05, 3.63) is 0 Å². The van der Waals surface area contributed by atoms with Crippen molar-refractivity contribution in [2.45, 2.75) is 11.7 Å². The van der Waals surface area contributed by atoms with Gasteiger partial charge in [-0.05, 0) is 13.0 Å².